The van der Waals surface area contributed by atoms with Crippen LogP contribution in [0.15, 0.2) is 66.7 Å². The molecule has 0 spiro atoms. The predicted molar refractivity (Wildman–Crippen MR) is 102 cm³/mol. The van der Waals surface area contributed by atoms with Crippen molar-refractivity contribution in [3.8, 4) is 28.0 Å². The quantitative estimate of drug-likeness (QED) is 0.456. The van der Waals surface area contributed by atoms with Gasteiger partial charge in [-0.25, -0.2) is 4.39 Å². The van der Waals surface area contributed by atoms with Gasteiger partial charge in [0.2, 0.25) is 0 Å². The van der Waals surface area contributed by atoms with Gasteiger partial charge in [0.25, 0.3) is 0 Å². The van der Waals surface area contributed by atoms with Crippen LogP contribution in [0.25, 0.3) is 22.3 Å². The zero-order valence-electron chi connectivity index (χ0n) is 15.3. The molecule has 3 rings (SSSR count). The summed E-state index contributed by atoms with van der Waals surface area (Å²) in [5, 5.41) is 0. The Labute approximate surface area is 157 Å². The van der Waals surface area contributed by atoms with E-state index in [4.69, 9.17) is 0 Å². The molecule has 0 atom stereocenters. The molecule has 4 heteroatoms. The summed E-state index contributed by atoms with van der Waals surface area (Å²) in [6.07, 6.45) is 1.01. The molecular weight excluding hydrogens is 349 g/mol. The fourth-order valence-corrected chi connectivity index (χ4v) is 3.05. The lowest BCUT2D eigenvalue weighted by Gasteiger charge is -2.10. The molecule has 3 aromatic rings. The van der Waals surface area contributed by atoms with Crippen LogP contribution in [0.3, 0.4) is 0 Å². The smallest absolute Gasteiger partial charge is 0.387 e. The fraction of sp³-hybridized carbons (Fsp3) is 0.217. The van der Waals surface area contributed by atoms with Crippen molar-refractivity contribution in [3.05, 3.63) is 78.1 Å². The van der Waals surface area contributed by atoms with Gasteiger partial charge in [0.15, 0.2) is 0 Å². The molecule has 140 valence electrons. The molecule has 0 aromatic heterocycles. The largest absolute Gasteiger partial charge is 0.435 e. The van der Waals surface area contributed by atoms with Crippen LogP contribution in [0.4, 0.5) is 13.2 Å². The van der Waals surface area contributed by atoms with Gasteiger partial charge in [-0.15, -0.1) is 0 Å². The van der Waals surface area contributed by atoms with Gasteiger partial charge in [-0.1, -0.05) is 62.4 Å². The molecule has 0 radical (unpaired) electrons. The topological polar surface area (TPSA) is 9.23 Å². The Morgan fingerprint density at radius 3 is 1.93 bits per heavy atom. The fourth-order valence-electron chi connectivity index (χ4n) is 3.05. The van der Waals surface area contributed by atoms with Crippen molar-refractivity contribution < 1.29 is 17.9 Å². The van der Waals surface area contributed by atoms with Crippen molar-refractivity contribution in [2.75, 3.05) is 0 Å². The SMILES string of the molecule is CC(C)Cc1ccc(-c2ccc(-c3ccc(OC(F)F)cc3)c(F)c2)cc1. The van der Waals surface area contributed by atoms with Crippen molar-refractivity contribution in [2.45, 2.75) is 26.9 Å². The first kappa shape index (κ1) is 19.0. The lowest BCUT2D eigenvalue weighted by molar-refractivity contribution is -0.0498. The van der Waals surface area contributed by atoms with E-state index in [2.05, 4.69) is 30.7 Å². The molecule has 0 heterocycles. The highest BCUT2D eigenvalue weighted by Gasteiger charge is 2.09. The molecule has 0 fully saturated rings. The first-order valence-electron chi connectivity index (χ1n) is 8.86. The summed E-state index contributed by atoms with van der Waals surface area (Å²) in [4.78, 5) is 0. The molecule has 0 aliphatic heterocycles. The zero-order valence-corrected chi connectivity index (χ0v) is 15.3. The number of benzene rings is 3. The molecule has 0 aliphatic carbocycles. The highest BCUT2D eigenvalue weighted by Crippen LogP contribution is 2.29. The molecule has 27 heavy (non-hydrogen) atoms. The van der Waals surface area contributed by atoms with Gasteiger partial charge in [0.05, 0.1) is 0 Å². The minimum atomic E-state index is -2.88. The average molecular weight is 370 g/mol. The summed E-state index contributed by atoms with van der Waals surface area (Å²) < 4.78 is 43.4. The lowest BCUT2D eigenvalue weighted by Crippen LogP contribution is -2.01. The first-order chi connectivity index (χ1) is 12.9. The maximum absolute atomic E-state index is 14.6. The van der Waals surface area contributed by atoms with E-state index in [0.29, 0.717) is 17.0 Å². The van der Waals surface area contributed by atoms with Gasteiger partial charge in [0.1, 0.15) is 11.6 Å². The molecular formula is C23H21F3O. The predicted octanol–water partition coefficient (Wildman–Crippen LogP) is 6.96. The standard InChI is InChI=1S/C23H21F3O/c1-15(2)13-16-3-5-17(6-4-16)19-9-12-21(22(24)14-19)18-7-10-20(11-8-18)27-23(25)26/h3-12,14-15,23H,13H2,1-2H3. The van der Waals surface area contributed by atoms with Crippen LogP contribution in [0.1, 0.15) is 19.4 Å². The van der Waals surface area contributed by atoms with E-state index in [0.717, 1.165) is 17.5 Å². The molecule has 0 saturated carbocycles. The Morgan fingerprint density at radius 2 is 1.37 bits per heavy atom. The van der Waals surface area contributed by atoms with Crippen molar-refractivity contribution in [1.29, 1.82) is 0 Å². The Hall–Kier alpha value is -2.75. The number of alkyl halides is 2. The molecule has 0 aliphatic rings. The van der Waals surface area contributed by atoms with Crippen molar-refractivity contribution in [2.24, 2.45) is 5.92 Å². The highest BCUT2D eigenvalue weighted by molar-refractivity contribution is 5.71. The number of ether oxygens (including phenoxy) is 1. The van der Waals surface area contributed by atoms with E-state index in [9.17, 15) is 13.2 Å². The van der Waals surface area contributed by atoms with Crippen LogP contribution >= 0.6 is 0 Å². The second-order valence-electron chi connectivity index (χ2n) is 6.89. The van der Waals surface area contributed by atoms with Gasteiger partial charge in [-0.05, 0) is 52.8 Å². The molecule has 0 bridgehead atoms. The van der Waals surface area contributed by atoms with E-state index < -0.39 is 6.61 Å². The van der Waals surface area contributed by atoms with Gasteiger partial charge >= 0.3 is 6.61 Å². The lowest BCUT2D eigenvalue weighted by atomic mass is 9.97. The average Bonchev–Trinajstić information content (AvgIpc) is 2.62. The number of hydrogen-bond acceptors (Lipinski definition) is 1. The molecule has 0 unspecified atom stereocenters. The van der Waals surface area contributed by atoms with E-state index in [1.807, 2.05) is 18.2 Å². The minimum absolute atomic E-state index is 0.0484. The zero-order chi connectivity index (χ0) is 19.4. The molecule has 3 aromatic carbocycles. The molecule has 0 amide bonds. The van der Waals surface area contributed by atoms with Gasteiger partial charge in [0, 0.05) is 5.56 Å². The number of halogens is 3. The highest BCUT2D eigenvalue weighted by atomic mass is 19.3. The Bertz CT molecular complexity index is 885. The Morgan fingerprint density at radius 1 is 0.778 bits per heavy atom. The van der Waals surface area contributed by atoms with Crippen LogP contribution in [-0.2, 0) is 6.42 Å². The second kappa shape index (κ2) is 8.30. The third kappa shape index (κ3) is 4.91. The molecule has 0 N–H and O–H groups in total. The summed E-state index contributed by atoms with van der Waals surface area (Å²) >= 11 is 0. The third-order valence-corrected chi connectivity index (χ3v) is 4.29. The van der Waals surface area contributed by atoms with Gasteiger partial charge in [-0.3, -0.25) is 0 Å². The van der Waals surface area contributed by atoms with E-state index in [-0.39, 0.29) is 11.6 Å². The summed E-state index contributed by atoms with van der Waals surface area (Å²) in [6, 6.07) is 19.2. The second-order valence-corrected chi connectivity index (χ2v) is 6.89. The maximum atomic E-state index is 14.6. The van der Waals surface area contributed by atoms with E-state index in [1.54, 1.807) is 18.2 Å². The summed E-state index contributed by atoms with van der Waals surface area (Å²) in [7, 11) is 0. The summed E-state index contributed by atoms with van der Waals surface area (Å²) in [5.41, 5.74) is 4.03. The number of hydrogen-bond donors (Lipinski definition) is 0. The van der Waals surface area contributed by atoms with Crippen molar-refractivity contribution in [3.63, 3.8) is 0 Å². The Balaban J connectivity index is 1.81. The van der Waals surface area contributed by atoms with Gasteiger partial charge < -0.3 is 4.74 Å². The maximum Gasteiger partial charge on any atom is 0.387 e. The monoisotopic (exact) mass is 370 g/mol. The third-order valence-electron chi connectivity index (χ3n) is 4.29. The summed E-state index contributed by atoms with van der Waals surface area (Å²) in [5.74, 6) is 0.276. The Kier molecular flexibility index (Phi) is 5.84. The van der Waals surface area contributed by atoms with E-state index in [1.165, 1.54) is 23.8 Å². The van der Waals surface area contributed by atoms with Crippen molar-refractivity contribution in [1.82, 2.24) is 0 Å². The van der Waals surface area contributed by atoms with Crippen LogP contribution in [0.2, 0.25) is 0 Å². The normalized spacial score (nSPS) is 11.2. The van der Waals surface area contributed by atoms with Crippen LogP contribution in [0.5, 0.6) is 5.75 Å². The van der Waals surface area contributed by atoms with Crippen molar-refractivity contribution >= 4 is 0 Å². The minimum Gasteiger partial charge on any atom is -0.435 e. The van der Waals surface area contributed by atoms with Crippen LogP contribution < -0.4 is 4.74 Å². The van der Waals surface area contributed by atoms with E-state index >= 15 is 0 Å². The number of rotatable bonds is 6. The molecule has 1 nitrogen and oxygen atoms in total. The first-order valence-corrected chi connectivity index (χ1v) is 8.86. The molecule has 0 saturated heterocycles. The van der Waals surface area contributed by atoms with Crippen LogP contribution in [-0.4, -0.2) is 6.61 Å². The van der Waals surface area contributed by atoms with Crippen LogP contribution in [0, 0.1) is 11.7 Å². The van der Waals surface area contributed by atoms with Gasteiger partial charge in [-0.2, -0.15) is 8.78 Å². The summed E-state index contributed by atoms with van der Waals surface area (Å²) in [6.45, 7) is 1.47.